The van der Waals surface area contributed by atoms with Gasteiger partial charge in [-0.2, -0.15) is 5.10 Å². The third-order valence-electron chi connectivity index (χ3n) is 4.21. The Labute approximate surface area is 134 Å². The van der Waals surface area contributed by atoms with Crippen LogP contribution < -0.4 is 5.43 Å². The highest BCUT2D eigenvalue weighted by Gasteiger charge is 2.24. The molecular formula is C19H19FN2O. The summed E-state index contributed by atoms with van der Waals surface area (Å²) in [5.41, 5.74) is 2.42. The molecule has 0 amide bonds. The molecule has 0 saturated heterocycles. The zero-order chi connectivity index (χ0) is 16.2. The van der Waals surface area contributed by atoms with Crippen molar-refractivity contribution in [2.45, 2.75) is 32.4 Å². The van der Waals surface area contributed by atoms with Crippen molar-refractivity contribution in [1.82, 2.24) is 10.2 Å². The predicted octanol–water partition coefficient (Wildman–Crippen LogP) is 4.50. The number of nitrogens with one attached hydrogen (secondary N) is 1. The third kappa shape index (κ3) is 3.02. The van der Waals surface area contributed by atoms with E-state index in [0.717, 1.165) is 30.4 Å². The molecule has 0 spiro atoms. The van der Waals surface area contributed by atoms with Crippen molar-refractivity contribution in [1.29, 1.82) is 0 Å². The number of halogens is 1. The first-order valence-electron chi connectivity index (χ1n) is 7.88. The average Bonchev–Trinajstić information content (AvgIpc) is 2.62. The van der Waals surface area contributed by atoms with Gasteiger partial charge in [0, 0.05) is 11.8 Å². The standard InChI is InChI=1S/C19H19FN2O/c1-2-13-8-6-7-11-15(13)17(20)18-19(23)16(12-21-22-18)14-9-4-3-5-10-14/h3-5,7,9-12,17H,2,6,8H2,1H3,(H,21,23). The number of aromatic amines is 1. The Morgan fingerprint density at radius 3 is 2.83 bits per heavy atom. The highest BCUT2D eigenvalue weighted by atomic mass is 19.1. The van der Waals surface area contributed by atoms with Crippen molar-refractivity contribution in [3.63, 3.8) is 0 Å². The summed E-state index contributed by atoms with van der Waals surface area (Å²) >= 11 is 0. The van der Waals surface area contributed by atoms with Gasteiger partial charge >= 0.3 is 0 Å². The van der Waals surface area contributed by atoms with Gasteiger partial charge in [-0.05, 0) is 30.4 Å². The minimum atomic E-state index is -1.49. The molecule has 1 N–H and O–H groups in total. The predicted molar refractivity (Wildman–Crippen MR) is 89.8 cm³/mol. The van der Waals surface area contributed by atoms with Crippen molar-refractivity contribution >= 4 is 0 Å². The van der Waals surface area contributed by atoms with Crippen LogP contribution in [-0.2, 0) is 0 Å². The van der Waals surface area contributed by atoms with Gasteiger partial charge in [0.05, 0.1) is 0 Å². The second kappa shape index (κ2) is 6.73. The molecule has 1 heterocycles. The van der Waals surface area contributed by atoms with Crippen LogP contribution in [0.15, 0.2) is 64.6 Å². The van der Waals surface area contributed by atoms with Gasteiger partial charge in [-0.15, -0.1) is 0 Å². The van der Waals surface area contributed by atoms with Crippen molar-refractivity contribution in [3.05, 3.63) is 75.7 Å². The summed E-state index contributed by atoms with van der Waals surface area (Å²) in [7, 11) is 0. The number of nitrogens with zero attached hydrogens (tertiary/aromatic N) is 1. The van der Waals surface area contributed by atoms with Crippen LogP contribution in [0.3, 0.4) is 0 Å². The SMILES string of the molecule is CCC1=C(C(F)c2n[nH]cc(-c3ccccc3)c2=O)C=CCC1. The van der Waals surface area contributed by atoms with E-state index < -0.39 is 6.17 Å². The summed E-state index contributed by atoms with van der Waals surface area (Å²) in [5.74, 6) is 0. The van der Waals surface area contributed by atoms with Crippen LogP contribution in [0.25, 0.3) is 11.1 Å². The van der Waals surface area contributed by atoms with Gasteiger partial charge in [-0.25, -0.2) is 4.39 Å². The van der Waals surface area contributed by atoms with Crippen molar-refractivity contribution in [3.8, 4) is 11.1 Å². The molecule has 0 fully saturated rings. The van der Waals surface area contributed by atoms with Gasteiger partial charge in [0.1, 0.15) is 5.69 Å². The van der Waals surface area contributed by atoms with Crippen LogP contribution in [0.1, 0.15) is 38.1 Å². The zero-order valence-electron chi connectivity index (χ0n) is 13.1. The van der Waals surface area contributed by atoms with Gasteiger partial charge in [0.2, 0.25) is 5.43 Å². The summed E-state index contributed by atoms with van der Waals surface area (Å²) in [6.45, 7) is 2.01. The lowest BCUT2D eigenvalue weighted by atomic mass is 9.91. The topological polar surface area (TPSA) is 45.8 Å². The molecule has 2 aromatic rings. The van der Waals surface area contributed by atoms with E-state index in [1.165, 1.54) is 6.20 Å². The van der Waals surface area contributed by atoms with Crippen LogP contribution in [0.4, 0.5) is 4.39 Å². The minimum Gasteiger partial charge on any atom is -0.287 e. The molecule has 1 aliphatic rings. The highest BCUT2D eigenvalue weighted by molar-refractivity contribution is 5.62. The maximum Gasteiger partial charge on any atom is 0.214 e. The van der Waals surface area contributed by atoms with Crippen LogP contribution in [0, 0.1) is 0 Å². The second-order valence-electron chi connectivity index (χ2n) is 5.60. The van der Waals surface area contributed by atoms with E-state index in [4.69, 9.17) is 0 Å². The van der Waals surface area contributed by atoms with E-state index in [2.05, 4.69) is 10.2 Å². The zero-order valence-corrected chi connectivity index (χ0v) is 13.1. The Bertz CT molecular complexity index is 806. The average molecular weight is 310 g/mol. The summed E-state index contributed by atoms with van der Waals surface area (Å²) in [6, 6.07) is 9.24. The number of aromatic nitrogens is 2. The Kier molecular flexibility index (Phi) is 4.51. The second-order valence-corrected chi connectivity index (χ2v) is 5.60. The van der Waals surface area contributed by atoms with Crippen molar-refractivity contribution in [2.24, 2.45) is 0 Å². The molecule has 1 unspecified atom stereocenters. The minimum absolute atomic E-state index is 0.0705. The molecule has 1 aliphatic carbocycles. The Morgan fingerprint density at radius 2 is 2.09 bits per heavy atom. The van der Waals surface area contributed by atoms with E-state index in [9.17, 15) is 4.79 Å². The van der Waals surface area contributed by atoms with E-state index >= 15 is 4.39 Å². The lowest BCUT2D eigenvalue weighted by molar-refractivity contribution is 0.382. The number of rotatable bonds is 4. The van der Waals surface area contributed by atoms with Crippen LogP contribution >= 0.6 is 0 Å². The quantitative estimate of drug-likeness (QED) is 0.903. The van der Waals surface area contributed by atoms with Gasteiger partial charge in [-0.1, -0.05) is 55.0 Å². The fourth-order valence-electron chi connectivity index (χ4n) is 2.95. The molecule has 1 aromatic carbocycles. The molecule has 0 radical (unpaired) electrons. The maximum absolute atomic E-state index is 15.0. The first kappa shape index (κ1) is 15.4. The number of H-pyrrole nitrogens is 1. The summed E-state index contributed by atoms with van der Waals surface area (Å²) in [4.78, 5) is 12.7. The normalized spacial score (nSPS) is 15.7. The Morgan fingerprint density at radius 1 is 1.30 bits per heavy atom. The third-order valence-corrected chi connectivity index (χ3v) is 4.21. The number of benzene rings is 1. The van der Waals surface area contributed by atoms with Gasteiger partial charge in [0.25, 0.3) is 0 Å². The van der Waals surface area contributed by atoms with Crippen molar-refractivity contribution < 1.29 is 4.39 Å². The van der Waals surface area contributed by atoms with Crippen LogP contribution in [-0.4, -0.2) is 10.2 Å². The fraction of sp³-hybridized carbons (Fsp3) is 0.263. The summed E-state index contributed by atoms with van der Waals surface area (Å²) in [5, 5.41) is 6.61. The van der Waals surface area contributed by atoms with Crippen LogP contribution in [0.5, 0.6) is 0 Å². The van der Waals surface area contributed by atoms with E-state index in [-0.39, 0.29) is 11.1 Å². The molecule has 4 heteroatoms. The molecule has 1 aromatic heterocycles. The number of allylic oxidation sites excluding steroid dienone is 4. The van der Waals surface area contributed by atoms with E-state index in [1.54, 1.807) is 6.08 Å². The Balaban J connectivity index is 2.06. The molecule has 23 heavy (non-hydrogen) atoms. The molecule has 0 bridgehead atoms. The number of hydrogen-bond donors (Lipinski definition) is 1. The maximum atomic E-state index is 15.0. The molecule has 118 valence electrons. The largest absolute Gasteiger partial charge is 0.287 e. The molecule has 1 atom stereocenters. The molecule has 0 saturated carbocycles. The summed E-state index contributed by atoms with van der Waals surface area (Å²) in [6.07, 6.45) is 6.34. The first-order valence-corrected chi connectivity index (χ1v) is 7.88. The lowest BCUT2D eigenvalue weighted by Crippen LogP contribution is -2.18. The van der Waals surface area contributed by atoms with Gasteiger partial charge in [-0.3, -0.25) is 9.89 Å². The monoisotopic (exact) mass is 310 g/mol. The van der Waals surface area contributed by atoms with Gasteiger partial charge in [0.15, 0.2) is 6.17 Å². The molecule has 3 nitrogen and oxygen atoms in total. The van der Waals surface area contributed by atoms with E-state index in [0.29, 0.717) is 11.1 Å². The molecule has 3 rings (SSSR count). The fourth-order valence-corrected chi connectivity index (χ4v) is 2.95. The van der Waals surface area contributed by atoms with Gasteiger partial charge < -0.3 is 0 Å². The summed E-state index contributed by atoms with van der Waals surface area (Å²) < 4.78 is 15.0. The highest BCUT2D eigenvalue weighted by Crippen LogP contribution is 2.32. The number of hydrogen-bond acceptors (Lipinski definition) is 2. The van der Waals surface area contributed by atoms with E-state index in [1.807, 2.05) is 43.3 Å². The smallest absolute Gasteiger partial charge is 0.214 e. The van der Waals surface area contributed by atoms with Crippen molar-refractivity contribution in [2.75, 3.05) is 0 Å². The Hall–Kier alpha value is -2.49. The molecular weight excluding hydrogens is 291 g/mol. The number of alkyl halides is 1. The molecule has 0 aliphatic heterocycles. The van der Waals surface area contributed by atoms with Crippen LogP contribution in [0.2, 0.25) is 0 Å². The first-order chi connectivity index (χ1) is 11.2. The lowest BCUT2D eigenvalue weighted by Gasteiger charge is -2.17.